The number of benzene rings is 2. The highest BCUT2D eigenvalue weighted by Crippen LogP contribution is 2.23. The van der Waals surface area contributed by atoms with Gasteiger partial charge in [0.25, 0.3) is 0 Å². The molecule has 0 saturated heterocycles. The van der Waals surface area contributed by atoms with Gasteiger partial charge in [0, 0.05) is 6.54 Å². The van der Waals surface area contributed by atoms with Crippen molar-refractivity contribution in [3.63, 3.8) is 0 Å². The molecule has 1 atom stereocenters. The minimum absolute atomic E-state index is 0.0888. The Morgan fingerprint density at radius 1 is 1.20 bits per heavy atom. The summed E-state index contributed by atoms with van der Waals surface area (Å²) in [5.74, 6) is 0.0776. The summed E-state index contributed by atoms with van der Waals surface area (Å²) in [7, 11) is 0. The summed E-state index contributed by atoms with van der Waals surface area (Å²) >= 11 is 1.27. The van der Waals surface area contributed by atoms with Gasteiger partial charge in [-0.2, -0.15) is 4.68 Å². The van der Waals surface area contributed by atoms with E-state index in [1.54, 1.807) is 31.2 Å². The number of hydrogen-bond acceptors (Lipinski definition) is 6. The molecule has 0 aliphatic carbocycles. The lowest BCUT2D eigenvalue weighted by atomic mass is 10.2. The third-order valence-corrected chi connectivity index (χ3v) is 4.53. The number of carbonyl (C=O) groups excluding carboxylic acids is 1. The maximum Gasteiger partial charge on any atom is 0.233 e. The van der Waals surface area contributed by atoms with Crippen LogP contribution < -0.4 is 5.32 Å². The molecule has 0 aliphatic rings. The van der Waals surface area contributed by atoms with E-state index in [9.17, 15) is 9.90 Å². The fraction of sp³-hybridized carbons (Fsp3) is 0.176. The number of phenols is 1. The second-order valence-electron chi connectivity index (χ2n) is 5.35. The van der Waals surface area contributed by atoms with E-state index in [4.69, 9.17) is 0 Å². The molecule has 128 valence electrons. The van der Waals surface area contributed by atoms with Crippen LogP contribution in [-0.2, 0) is 11.3 Å². The summed E-state index contributed by atoms with van der Waals surface area (Å²) < 4.78 is 1.53. The van der Waals surface area contributed by atoms with Crippen molar-refractivity contribution in [2.75, 3.05) is 0 Å². The highest BCUT2D eigenvalue weighted by Gasteiger charge is 2.19. The molecule has 0 aliphatic heterocycles. The number of amides is 1. The molecule has 3 aromatic rings. The number of tetrazole rings is 1. The summed E-state index contributed by atoms with van der Waals surface area (Å²) in [4.78, 5) is 12.3. The first-order valence-electron chi connectivity index (χ1n) is 7.69. The molecule has 2 N–H and O–H groups in total. The minimum atomic E-state index is -0.356. The molecule has 25 heavy (non-hydrogen) atoms. The van der Waals surface area contributed by atoms with Crippen molar-refractivity contribution in [3.05, 3.63) is 60.2 Å². The smallest absolute Gasteiger partial charge is 0.233 e. The van der Waals surface area contributed by atoms with E-state index in [2.05, 4.69) is 20.8 Å². The Morgan fingerprint density at radius 3 is 2.64 bits per heavy atom. The maximum atomic E-state index is 12.3. The number of phenolic OH excluding ortho intramolecular Hbond substituents is 1. The molecule has 2 aromatic carbocycles. The van der Waals surface area contributed by atoms with Crippen molar-refractivity contribution in [2.24, 2.45) is 0 Å². The van der Waals surface area contributed by atoms with Crippen LogP contribution in [0.15, 0.2) is 59.8 Å². The third-order valence-electron chi connectivity index (χ3n) is 3.50. The quantitative estimate of drug-likeness (QED) is 0.658. The fourth-order valence-electron chi connectivity index (χ4n) is 2.15. The molecule has 1 aromatic heterocycles. The Labute approximate surface area is 149 Å². The van der Waals surface area contributed by atoms with Gasteiger partial charge < -0.3 is 10.4 Å². The normalized spacial score (nSPS) is 11.9. The number of carbonyl (C=O) groups is 1. The summed E-state index contributed by atoms with van der Waals surface area (Å²) in [6.07, 6.45) is 0. The van der Waals surface area contributed by atoms with Crippen molar-refractivity contribution in [1.29, 1.82) is 0 Å². The van der Waals surface area contributed by atoms with Gasteiger partial charge in [-0.15, -0.1) is 5.10 Å². The van der Waals surface area contributed by atoms with Gasteiger partial charge in [0.2, 0.25) is 11.1 Å². The Hall–Kier alpha value is -2.87. The van der Waals surface area contributed by atoms with Crippen LogP contribution in [0.5, 0.6) is 5.75 Å². The number of hydrogen-bond donors (Lipinski definition) is 2. The van der Waals surface area contributed by atoms with Crippen molar-refractivity contribution in [3.8, 4) is 11.4 Å². The van der Waals surface area contributed by atoms with Gasteiger partial charge in [-0.1, -0.05) is 42.1 Å². The molecular formula is C17H17N5O2S. The van der Waals surface area contributed by atoms with Gasteiger partial charge in [0.05, 0.1) is 10.9 Å². The molecule has 7 nitrogen and oxygen atoms in total. The maximum absolute atomic E-state index is 12.3. The lowest BCUT2D eigenvalue weighted by Gasteiger charge is -2.11. The highest BCUT2D eigenvalue weighted by molar-refractivity contribution is 8.00. The Kier molecular flexibility index (Phi) is 5.30. The van der Waals surface area contributed by atoms with Crippen LogP contribution in [0, 0.1) is 0 Å². The van der Waals surface area contributed by atoms with Crippen molar-refractivity contribution in [1.82, 2.24) is 25.5 Å². The molecular weight excluding hydrogens is 338 g/mol. The number of thioether (sulfide) groups is 1. The van der Waals surface area contributed by atoms with E-state index >= 15 is 0 Å². The molecule has 8 heteroatoms. The number of aromatic nitrogens is 4. The SMILES string of the molecule is CC(Sc1nnnn1-c1ccc(O)cc1)C(=O)NCc1ccccc1. The molecule has 1 unspecified atom stereocenters. The van der Waals surface area contributed by atoms with Crippen LogP contribution in [0.4, 0.5) is 0 Å². The Balaban J connectivity index is 1.63. The Morgan fingerprint density at radius 2 is 1.92 bits per heavy atom. The standard InChI is InChI=1S/C17H17N5O2S/c1-12(16(24)18-11-13-5-3-2-4-6-13)25-17-19-20-21-22(17)14-7-9-15(23)10-8-14/h2-10,12,23H,11H2,1H3,(H,18,24). The molecule has 0 radical (unpaired) electrons. The molecule has 0 fully saturated rings. The zero-order valence-electron chi connectivity index (χ0n) is 13.5. The molecule has 0 saturated carbocycles. The van der Waals surface area contributed by atoms with E-state index in [-0.39, 0.29) is 16.9 Å². The number of aromatic hydroxyl groups is 1. The van der Waals surface area contributed by atoms with E-state index in [0.29, 0.717) is 17.4 Å². The molecule has 1 heterocycles. The zero-order valence-corrected chi connectivity index (χ0v) is 14.3. The van der Waals surface area contributed by atoms with Crippen molar-refractivity contribution < 1.29 is 9.90 Å². The second kappa shape index (κ2) is 7.80. The predicted molar refractivity (Wildman–Crippen MR) is 94.4 cm³/mol. The average molecular weight is 355 g/mol. The third kappa shape index (κ3) is 4.36. The molecule has 1 amide bonds. The summed E-state index contributed by atoms with van der Waals surface area (Å²) in [6, 6.07) is 16.3. The summed E-state index contributed by atoms with van der Waals surface area (Å²) in [5, 5.41) is 24.0. The van der Waals surface area contributed by atoms with E-state index < -0.39 is 0 Å². The summed E-state index contributed by atoms with van der Waals surface area (Å²) in [6.45, 7) is 2.29. The largest absolute Gasteiger partial charge is 0.508 e. The fourth-order valence-corrected chi connectivity index (χ4v) is 2.98. The van der Waals surface area contributed by atoms with Gasteiger partial charge in [-0.25, -0.2) is 0 Å². The minimum Gasteiger partial charge on any atom is -0.508 e. The van der Waals surface area contributed by atoms with E-state index in [0.717, 1.165) is 5.56 Å². The number of nitrogens with one attached hydrogen (secondary N) is 1. The lowest BCUT2D eigenvalue weighted by molar-refractivity contribution is -0.120. The van der Waals surface area contributed by atoms with Crippen molar-refractivity contribution >= 4 is 17.7 Å². The topological polar surface area (TPSA) is 92.9 Å². The van der Waals surface area contributed by atoms with Gasteiger partial charge in [-0.05, 0) is 47.2 Å². The van der Waals surface area contributed by atoms with Crippen molar-refractivity contribution in [2.45, 2.75) is 23.9 Å². The first-order valence-corrected chi connectivity index (χ1v) is 8.57. The van der Waals surface area contributed by atoms with Crippen LogP contribution in [0.1, 0.15) is 12.5 Å². The van der Waals surface area contributed by atoms with E-state index in [1.165, 1.54) is 16.4 Å². The zero-order chi connectivity index (χ0) is 17.6. The van der Waals surface area contributed by atoms with Gasteiger partial charge in [0.1, 0.15) is 5.75 Å². The van der Waals surface area contributed by atoms with E-state index in [1.807, 2.05) is 30.3 Å². The predicted octanol–water partition coefficient (Wildman–Crippen LogP) is 2.16. The first kappa shape index (κ1) is 17.0. The summed E-state index contributed by atoms with van der Waals surface area (Å²) in [5.41, 5.74) is 1.75. The van der Waals surface area contributed by atoms with Crippen LogP contribution in [0.3, 0.4) is 0 Å². The molecule has 3 rings (SSSR count). The van der Waals surface area contributed by atoms with Crippen LogP contribution in [0.25, 0.3) is 5.69 Å². The van der Waals surface area contributed by atoms with Crippen LogP contribution in [0.2, 0.25) is 0 Å². The van der Waals surface area contributed by atoms with Crippen LogP contribution in [-0.4, -0.2) is 36.5 Å². The molecule has 0 spiro atoms. The van der Waals surface area contributed by atoms with Gasteiger partial charge >= 0.3 is 0 Å². The first-order chi connectivity index (χ1) is 12.1. The van der Waals surface area contributed by atoms with Crippen LogP contribution >= 0.6 is 11.8 Å². The average Bonchev–Trinajstić information content (AvgIpc) is 3.09. The van der Waals surface area contributed by atoms with Gasteiger partial charge in [-0.3, -0.25) is 4.79 Å². The second-order valence-corrected chi connectivity index (χ2v) is 6.66. The monoisotopic (exact) mass is 355 g/mol. The molecule has 0 bridgehead atoms. The lowest BCUT2D eigenvalue weighted by Crippen LogP contribution is -2.30. The number of nitrogens with zero attached hydrogens (tertiary/aromatic N) is 4. The highest BCUT2D eigenvalue weighted by atomic mass is 32.2. The number of rotatable bonds is 6. The van der Waals surface area contributed by atoms with Gasteiger partial charge in [0.15, 0.2) is 0 Å². The Bertz CT molecular complexity index is 836.